The zero-order chi connectivity index (χ0) is 7.82. The Kier molecular flexibility index (Phi) is 8.20. The number of hydrogen-bond donors (Lipinski definition) is 2. The minimum absolute atomic E-state index is 0.245. The Labute approximate surface area is 70.4 Å². The Morgan fingerprint density at radius 2 is 1.50 bits per heavy atom. The van der Waals surface area contributed by atoms with E-state index in [2.05, 4.69) is 6.92 Å². The van der Waals surface area contributed by atoms with Gasteiger partial charge in [0.1, 0.15) is 0 Å². The van der Waals surface area contributed by atoms with Crippen LogP contribution in [0.15, 0.2) is 0 Å². The Balaban J connectivity index is 3.00. The summed E-state index contributed by atoms with van der Waals surface area (Å²) in [4.78, 5) is 0. The first-order valence-corrected chi connectivity index (χ1v) is 5.36. The van der Waals surface area contributed by atoms with Crippen LogP contribution in [0.3, 0.4) is 0 Å². The molecule has 0 amide bonds. The van der Waals surface area contributed by atoms with E-state index in [4.69, 9.17) is 10.2 Å². The molecule has 0 spiro atoms. The van der Waals surface area contributed by atoms with E-state index in [1.807, 2.05) is 0 Å². The van der Waals surface area contributed by atoms with E-state index in [0.717, 1.165) is 11.5 Å². The second-order valence-corrected chi connectivity index (χ2v) is 4.95. The van der Waals surface area contributed by atoms with Crippen LogP contribution in [0.2, 0.25) is 0 Å². The van der Waals surface area contributed by atoms with Crippen molar-refractivity contribution >= 4 is 23.5 Å². The maximum absolute atomic E-state index is 8.46. The highest BCUT2D eigenvalue weighted by molar-refractivity contribution is 8.16. The van der Waals surface area contributed by atoms with Gasteiger partial charge in [-0.2, -0.15) is 0 Å². The Morgan fingerprint density at radius 3 is 1.80 bits per heavy atom. The fourth-order valence-corrected chi connectivity index (χ4v) is 2.32. The topological polar surface area (TPSA) is 40.5 Å². The van der Waals surface area contributed by atoms with Crippen LogP contribution in [-0.4, -0.2) is 39.5 Å². The Morgan fingerprint density at radius 1 is 1.10 bits per heavy atom. The van der Waals surface area contributed by atoms with Gasteiger partial charge in [-0.15, -0.1) is 23.5 Å². The van der Waals surface area contributed by atoms with Crippen molar-refractivity contribution in [1.82, 2.24) is 0 Å². The highest BCUT2D eigenvalue weighted by atomic mass is 32.2. The van der Waals surface area contributed by atoms with Gasteiger partial charge in [-0.1, -0.05) is 0 Å². The third-order valence-electron chi connectivity index (χ3n) is 0.888. The molecule has 0 fully saturated rings. The van der Waals surface area contributed by atoms with Gasteiger partial charge in [-0.3, -0.25) is 0 Å². The van der Waals surface area contributed by atoms with E-state index in [0.29, 0.717) is 4.58 Å². The molecule has 0 heterocycles. The van der Waals surface area contributed by atoms with Gasteiger partial charge in [0.25, 0.3) is 0 Å². The monoisotopic (exact) mass is 182 g/mol. The number of aliphatic hydroxyl groups excluding tert-OH is 2. The fourth-order valence-electron chi connectivity index (χ4n) is 0.485. The molecule has 0 saturated heterocycles. The molecule has 0 aliphatic heterocycles. The molecule has 62 valence electrons. The van der Waals surface area contributed by atoms with Crippen LogP contribution in [-0.2, 0) is 0 Å². The van der Waals surface area contributed by atoms with Crippen LogP contribution in [0.1, 0.15) is 6.92 Å². The van der Waals surface area contributed by atoms with Gasteiger partial charge in [0.2, 0.25) is 0 Å². The molecule has 0 aliphatic carbocycles. The maximum atomic E-state index is 8.46. The third-order valence-corrected chi connectivity index (χ3v) is 3.48. The first kappa shape index (κ1) is 10.6. The van der Waals surface area contributed by atoms with Crippen molar-refractivity contribution < 1.29 is 10.2 Å². The van der Waals surface area contributed by atoms with Crippen molar-refractivity contribution in [2.24, 2.45) is 0 Å². The summed E-state index contributed by atoms with van der Waals surface area (Å²) in [7, 11) is 0. The summed E-state index contributed by atoms with van der Waals surface area (Å²) < 4.78 is 0.485. The molecule has 2 nitrogen and oxygen atoms in total. The van der Waals surface area contributed by atoms with Crippen molar-refractivity contribution in [3.05, 3.63) is 0 Å². The predicted octanol–water partition coefficient (Wildman–Crippen LogP) is 0.783. The first-order chi connectivity index (χ1) is 4.81. The first-order valence-electron chi connectivity index (χ1n) is 3.26. The molecule has 0 unspecified atom stereocenters. The molecule has 10 heavy (non-hydrogen) atoms. The van der Waals surface area contributed by atoms with Crippen LogP contribution in [0, 0.1) is 0 Å². The zero-order valence-corrected chi connectivity index (χ0v) is 7.75. The standard InChI is InChI=1S/C6H14O2S2/c1-6(9-4-2-7)10-5-3-8/h6-8H,2-5H2,1H3. The van der Waals surface area contributed by atoms with Gasteiger partial charge in [0.15, 0.2) is 0 Å². The highest BCUT2D eigenvalue weighted by Gasteiger charge is 2.00. The maximum Gasteiger partial charge on any atom is 0.0522 e. The molecule has 2 N–H and O–H groups in total. The largest absolute Gasteiger partial charge is 0.396 e. The minimum Gasteiger partial charge on any atom is -0.396 e. The number of rotatable bonds is 6. The molecular formula is C6H14O2S2. The van der Waals surface area contributed by atoms with E-state index in [1.54, 1.807) is 23.5 Å². The van der Waals surface area contributed by atoms with Crippen molar-refractivity contribution in [3.8, 4) is 0 Å². The lowest BCUT2D eigenvalue weighted by molar-refractivity contribution is 0.322. The fraction of sp³-hybridized carbons (Fsp3) is 1.00. The number of aliphatic hydroxyl groups is 2. The minimum atomic E-state index is 0.245. The Bertz CT molecular complexity index is 62.8. The van der Waals surface area contributed by atoms with E-state index in [1.165, 1.54) is 0 Å². The summed E-state index contributed by atoms with van der Waals surface area (Å²) in [6.07, 6.45) is 0. The molecule has 0 aromatic carbocycles. The predicted molar refractivity (Wildman–Crippen MR) is 48.5 cm³/mol. The zero-order valence-electron chi connectivity index (χ0n) is 6.12. The molecule has 0 radical (unpaired) electrons. The van der Waals surface area contributed by atoms with Crippen molar-refractivity contribution in [2.75, 3.05) is 24.7 Å². The van der Waals surface area contributed by atoms with Gasteiger partial charge >= 0.3 is 0 Å². The lowest BCUT2D eigenvalue weighted by Gasteiger charge is -2.07. The molecule has 0 saturated carbocycles. The van der Waals surface area contributed by atoms with Gasteiger partial charge in [-0.05, 0) is 6.92 Å². The summed E-state index contributed by atoms with van der Waals surface area (Å²) in [5.74, 6) is 1.58. The van der Waals surface area contributed by atoms with Crippen molar-refractivity contribution in [1.29, 1.82) is 0 Å². The van der Waals surface area contributed by atoms with E-state index >= 15 is 0 Å². The molecule has 0 bridgehead atoms. The average molecular weight is 182 g/mol. The number of hydrogen-bond acceptors (Lipinski definition) is 4. The van der Waals surface area contributed by atoms with Gasteiger partial charge in [0, 0.05) is 16.1 Å². The lowest BCUT2D eigenvalue weighted by atomic mass is 10.9. The molecular weight excluding hydrogens is 168 g/mol. The molecule has 0 rings (SSSR count). The second-order valence-electron chi connectivity index (χ2n) is 1.76. The third kappa shape index (κ3) is 6.74. The summed E-state index contributed by atoms with van der Waals surface area (Å²) in [6.45, 7) is 2.57. The Hall–Kier alpha value is 0.620. The van der Waals surface area contributed by atoms with Gasteiger partial charge in [-0.25, -0.2) is 0 Å². The average Bonchev–Trinajstić information content (AvgIpc) is 1.97. The normalized spacial score (nSPS) is 10.8. The van der Waals surface area contributed by atoms with Gasteiger partial charge < -0.3 is 10.2 Å². The molecule has 0 atom stereocenters. The SMILES string of the molecule is CC(SCCO)SCCO. The second kappa shape index (κ2) is 7.72. The van der Waals surface area contributed by atoms with Crippen LogP contribution in [0.4, 0.5) is 0 Å². The summed E-state index contributed by atoms with van der Waals surface area (Å²) in [5, 5.41) is 16.9. The molecule has 0 aromatic heterocycles. The van der Waals surface area contributed by atoms with Crippen LogP contribution in [0.5, 0.6) is 0 Å². The van der Waals surface area contributed by atoms with Crippen molar-refractivity contribution in [3.63, 3.8) is 0 Å². The van der Waals surface area contributed by atoms with E-state index < -0.39 is 0 Å². The summed E-state index contributed by atoms with van der Waals surface area (Å²) in [6, 6.07) is 0. The van der Waals surface area contributed by atoms with Gasteiger partial charge in [0.05, 0.1) is 13.2 Å². The smallest absolute Gasteiger partial charge is 0.0522 e. The van der Waals surface area contributed by atoms with Crippen molar-refractivity contribution in [2.45, 2.75) is 11.5 Å². The molecule has 0 aromatic rings. The van der Waals surface area contributed by atoms with E-state index in [-0.39, 0.29) is 13.2 Å². The number of thioether (sulfide) groups is 2. The highest BCUT2D eigenvalue weighted by Crippen LogP contribution is 2.21. The summed E-state index contributed by atoms with van der Waals surface area (Å²) >= 11 is 3.44. The summed E-state index contributed by atoms with van der Waals surface area (Å²) in [5.41, 5.74) is 0. The lowest BCUT2D eigenvalue weighted by Crippen LogP contribution is -1.97. The van der Waals surface area contributed by atoms with Crippen LogP contribution in [0.25, 0.3) is 0 Å². The van der Waals surface area contributed by atoms with Crippen LogP contribution >= 0.6 is 23.5 Å². The van der Waals surface area contributed by atoms with E-state index in [9.17, 15) is 0 Å². The molecule has 0 aliphatic rings. The van der Waals surface area contributed by atoms with Crippen LogP contribution < -0.4 is 0 Å². The quantitative estimate of drug-likeness (QED) is 0.596. The molecule has 4 heteroatoms.